The van der Waals surface area contributed by atoms with Crippen molar-refractivity contribution in [1.29, 1.82) is 5.26 Å². The molecule has 21 heavy (non-hydrogen) atoms. The van der Waals surface area contributed by atoms with E-state index in [1.54, 1.807) is 12.1 Å². The molecule has 0 unspecified atom stereocenters. The number of nitriles is 1. The van der Waals surface area contributed by atoms with Crippen LogP contribution in [0.5, 0.6) is 0 Å². The molecular formula is C13H8BrFN2O2S2. The number of rotatable bonds is 4. The van der Waals surface area contributed by atoms with Crippen molar-refractivity contribution in [3.8, 4) is 5.40 Å². The van der Waals surface area contributed by atoms with Gasteiger partial charge in [0.05, 0.1) is 10.6 Å². The number of halogens is 2. The zero-order chi connectivity index (χ0) is 15.5. The Bertz CT molecular complexity index is 819. The Balaban J connectivity index is 2.31. The Morgan fingerprint density at radius 2 is 2.00 bits per heavy atom. The van der Waals surface area contributed by atoms with E-state index in [1.165, 1.54) is 24.3 Å². The Kier molecular flexibility index (Phi) is 4.88. The molecule has 2 rings (SSSR count). The summed E-state index contributed by atoms with van der Waals surface area (Å²) in [4.78, 5) is 0.517. The second-order valence-electron chi connectivity index (χ2n) is 3.90. The van der Waals surface area contributed by atoms with Crippen LogP contribution in [0.3, 0.4) is 0 Å². The van der Waals surface area contributed by atoms with Gasteiger partial charge in [-0.2, -0.15) is 5.26 Å². The lowest BCUT2D eigenvalue weighted by molar-refractivity contribution is 0.595. The van der Waals surface area contributed by atoms with Crippen LogP contribution in [0.15, 0.2) is 56.7 Å². The Morgan fingerprint density at radius 1 is 1.24 bits per heavy atom. The summed E-state index contributed by atoms with van der Waals surface area (Å²) in [6.45, 7) is 0. The number of thioether (sulfide) groups is 1. The van der Waals surface area contributed by atoms with E-state index in [1.807, 2.05) is 5.40 Å². The maximum Gasteiger partial charge on any atom is 0.262 e. The first-order chi connectivity index (χ1) is 9.92. The van der Waals surface area contributed by atoms with E-state index in [-0.39, 0.29) is 4.90 Å². The van der Waals surface area contributed by atoms with Crippen LogP contribution in [0.2, 0.25) is 0 Å². The molecule has 0 spiro atoms. The van der Waals surface area contributed by atoms with Gasteiger partial charge in [-0.25, -0.2) is 12.8 Å². The second kappa shape index (κ2) is 6.47. The topological polar surface area (TPSA) is 70.0 Å². The normalized spacial score (nSPS) is 10.9. The molecule has 0 saturated heterocycles. The monoisotopic (exact) mass is 386 g/mol. The quantitative estimate of drug-likeness (QED) is 0.637. The smallest absolute Gasteiger partial charge is 0.262 e. The summed E-state index contributed by atoms with van der Waals surface area (Å²) in [5.74, 6) is -0.627. The van der Waals surface area contributed by atoms with E-state index < -0.39 is 15.8 Å². The number of nitrogens with one attached hydrogen (secondary N) is 1. The predicted molar refractivity (Wildman–Crippen MR) is 82.8 cm³/mol. The number of sulfonamides is 1. The van der Waals surface area contributed by atoms with Gasteiger partial charge in [0.2, 0.25) is 0 Å². The molecule has 4 nitrogen and oxygen atoms in total. The van der Waals surface area contributed by atoms with Gasteiger partial charge < -0.3 is 0 Å². The molecule has 0 aliphatic rings. The van der Waals surface area contributed by atoms with Crippen LogP contribution in [0.4, 0.5) is 10.1 Å². The molecule has 0 radical (unpaired) electrons. The standard InChI is InChI=1S/C13H8BrFN2O2S2/c14-12-7-10(20-8-16)4-5-13(12)17-21(18,19)11-3-1-2-9(15)6-11/h1-7,17H. The second-order valence-corrected chi connectivity index (χ2v) is 7.29. The summed E-state index contributed by atoms with van der Waals surface area (Å²) in [6, 6.07) is 9.50. The zero-order valence-corrected chi connectivity index (χ0v) is 13.6. The molecule has 2 aromatic rings. The highest BCUT2D eigenvalue weighted by Crippen LogP contribution is 2.29. The van der Waals surface area contributed by atoms with Crippen LogP contribution in [-0.2, 0) is 10.0 Å². The molecule has 108 valence electrons. The minimum Gasteiger partial charge on any atom is -0.278 e. The molecule has 0 aliphatic carbocycles. The van der Waals surface area contributed by atoms with Gasteiger partial charge in [0.1, 0.15) is 11.2 Å². The van der Waals surface area contributed by atoms with Gasteiger partial charge in [0, 0.05) is 9.37 Å². The van der Waals surface area contributed by atoms with Crippen molar-refractivity contribution in [2.75, 3.05) is 4.72 Å². The molecule has 0 atom stereocenters. The van der Waals surface area contributed by atoms with Crippen molar-refractivity contribution >= 4 is 43.4 Å². The predicted octanol–water partition coefficient (Wildman–Crippen LogP) is 3.96. The zero-order valence-electron chi connectivity index (χ0n) is 10.4. The number of hydrogen-bond acceptors (Lipinski definition) is 4. The van der Waals surface area contributed by atoms with Crippen LogP contribution in [0, 0.1) is 16.5 Å². The number of anilines is 1. The van der Waals surface area contributed by atoms with E-state index in [0.29, 0.717) is 15.1 Å². The van der Waals surface area contributed by atoms with Gasteiger partial charge in [-0.15, -0.1) is 0 Å². The maximum atomic E-state index is 13.1. The minimum atomic E-state index is -3.88. The number of nitrogens with zero attached hydrogens (tertiary/aromatic N) is 1. The van der Waals surface area contributed by atoms with E-state index in [4.69, 9.17) is 5.26 Å². The lowest BCUT2D eigenvalue weighted by Gasteiger charge is -2.10. The van der Waals surface area contributed by atoms with E-state index in [2.05, 4.69) is 20.7 Å². The fraction of sp³-hybridized carbons (Fsp3) is 0. The first kappa shape index (κ1) is 15.8. The van der Waals surface area contributed by atoms with Crippen molar-refractivity contribution in [1.82, 2.24) is 0 Å². The average molecular weight is 387 g/mol. The van der Waals surface area contributed by atoms with Crippen LogP contribution in [0.1, 0.15) is 0 Å². The molecular weight excluding hydrogens is 379 g/mol. The molecule has 1 N–H and O–H groups in total. The van der Waals surface area contributed by atoms with Crippen molar-refractivity contribution in [2.45, 2.75) is 9.79 Å². The highest BCUT2D eigenvalue weighted by Gasteiger charge is 2.16. The molecule has 0 aromatic heterocycles. The van der Waals surface area contributed by atoms with Gasteiger partial charge in [-0.3, -0.25) is 4.72 Å². The van der Waals surface area contributed by atoms with E-state index in [0.717, 1.165) is 17.8 Å². The van der Waals surface area contributed by atoms with Crippen molar-refractivity contribution < 1.29 is 12.8 Å². The lowest BCUT2D eigenvalue weighted by Crippen LogP contribution is -2.13. The van der Waals surface area contributed by atoms with Gasteiger partial charge in [0.15, 0.2) is 0 Å². The molecule has 0 saturated carbocycles. The molecule has 0 aliphatic heterocycles. The van der Waals surface area contributed by atoms with E-state index in [9.17, 15) is 12.8 Å². The fourth-order valence-electron chi connectivity index (χ4n) is 1.53. The van der Waals surface area contributed by atoms with Crippen molar-refractivity contribution in [3.05, 3.63) is 52.8 Å². The molecule has 0 bridgehead atoms. The summed E-state index contributed by atoms with van der Waals surface area (Å²) in [5, 5.41) is 10.5. The summed E-state index contributed by atoms with van der Waals surface area (Å²) in [5.41, 5.74) is 0.307. The van der Waals surface area contributed by atoms with Crippen LogP contribution >= 0.6 is 27.7 Å². The summed E-state index contributed by atoms with van der Waals surface area (Å²) >= 11 is 4.20. The molecule has 0 fully saturated rings. The maximum absolute atomic E-state index is 13.1. The SMILES string of the molecule is N#CSc1ccc(NS(=O)(=O)c2cccc(F)c2)c(Br)c1. The highest BCUT2D eigenvalue weighted by atomic mass is 79.9. The largest absolute Gasteiger partial charge is 0.278 e. The van der Waals surface area contributed by atoms with Crippen LogP contribution < -0.4 is 4.72 Å². The third-order valence-electron chi connectivity index (χ3n) is 2.45. The third-order valence-corrected chi connectivity index (χ3v) is 5.05. The van der Waals surface area contributed by atoms with Gasteiger partial charge in [-0.05, 0) is 64.1 Å². The minimum absolute atomic E-state index is 0.162. The molecule has 0 amide bonds. The van der Waals surface area contributed by atoms with Crippen LogP contribution in [-0.4, -0.2) is 8.42 Å². The van der Waals surface area contributed by atoms with Gasteiger partial charge in [-0.1, -0.05) is 6.07 Å². The van der Waals surface area contributed by atoms with Crippen molar-refractivity contribution in [2.24, 2.45) is 0 Å². The number of hydrogen-bond donors (Lipinski definition) is 1. The van der Waals surface area contributed by atoms with E-state index >= 15 is 0 Å². The summed E-state index contributed by atoms with van der Waals surface area (Å²) < 4.78 is 40.3. The molecule has 2 aromatic carbocycles. The Morgan fingerprint density at radius 3 is 2.62 bits per heavy atom. The number of benzene rings is 2. The first-order valence-corrected chi connectivity index (χ1v) is 8.65. The van der Waals surface area contributed by atoms with Crippen LogP contribution in [0.25, 0.3) is 0 Å². The lowest BCUT2D eigenvalue weighted by atomic mass is 10.3. The Hall–Kier alpha value is -1.56. The average Bonchev–Trinajstić information content (AvgIpc) is 2.42. The van der Waals surface area contributed by atoms with Gasteiger partial charge in [0.25, 0.3) is 10.0 Å². The summed E-state index contributed by atoms with van der Waals surface area (Å²) in [7, 11) is -3.88. The van der Waals surface area contributed by atoms with Gasteiger partial charge >= 0.3 is 0 Å². The van der Waals surface area contributed by atoms with Crippen molar-refractivity contribution in [3.63, 3.8) is 0 Å². The Labute approximate surface area is 134 Å². The third kappa shape index (κ3) is 3.97. The highest BCUT2D eigenvalue weighted by molar-refractivity contribution is 9.10. The molecule has 8 heteroatoms. The first-order valence-electron chi connectivity index (χ1n) is 5.56. The fourth-order valence-corrected chi connectivity index (χ4v) is 3.82. The molecule has 0 heterocycles. The summed E-state index contributed by atoms with van der Waals surface area (Å²) in [6.07, 6.45) is 0. The number of thiocyanates is 1.